The molecule has 1 aromatic rings. The number of rotatable bonds is 7. The van der Waals surface area contributed by atoms with E-state index in [1.807, 2.05) is 6.07 Å². The molecule has 0 atom stereocenters. The Labute approximate surface area is 118 Å². The first kappa shape index (κ1) is 15.9. The van der Waals surface area contributed by atoms with Crippen LogP contribution < -0.4 is 21.3 Å². The van der Waals surface area contributed by atoms with E-state index in [0.29, 0.717) is 5.69 Å². The highest BCUT2D eigenvalue weighted by Gasteiger charge is 2.06. The van der Waals surface area contributed by atoms with Gasteiger partial charge in [0, 0.05) is 13.1 Å². The maximum atomic E-state index is 11.6. The summed E-state index contributed by atoms with van der Waals surface area (Å²) in [5, 5.41) is 5.04. The van der Waals surface area contributed by atoms with E-state index in [0.717, 1.165) is 18.9 Å². The van der Waals surface area contributed by atoms with Gasteiger partial charge >= 0.3 is 0 Å². The maximum Gasteiger partial charge on any atom is 0.243 e. The normalized spacial score (nSPS) is 9.95. The zero-order valence-electron chi connectivity index (χ0n) is 11.8. The third kappa shape index (κ3) is 4.85. The van der Waals surface area contributed by atoms with Gasteiger partial charge in [-0.15, -0.1) is 0 Å². The average Bonchev–Trinajstić information content (AvgIpc) is 2.47. The predicted octanol–water partition coefficient (Wildman–Crippen LogP) is -0.0588. The number of carbonyl (C=O) groups excluding carboxylic acids is 2. The van der Waals surface area contributed by atoms with Gasteiger partial charge < -0.3 is 21.3 Å². The molecule has 0 spiro atoms. The molecule has 20 heavy (non-hydrogen) atoms. The van der Waals surface area contributed by atoms with Crippen molar-refractivity contribution < 1.29 is 9.59 Å². The lowest BCUT2D eigenvalue weighted by molar-refractivity contribution is -0.123. The number of pyridine rings is 1. The van der Waals surface area contributed by atoms with E-state index in [2.05, 4.69) is 34.4 Å². The van der Waals surface area contributed by atoms with Crippen molar-refractivity contribution in [2.24, 2.45) is 5.73 Å². The van der Waals surface area contributed by atoms with Crippen molar-refractivity contribution in [1.29, 1.82) is 0 Å². The number of hydrogen-bond acceptors (Lipinski definition) is 5. The van der Waals surface area contributed by atoms with Crippen LogP contribution in [0.4, 0.5) is 11.5 Å². The van der Waals surface area contributed by atoms with E-state index in [1.165, 1.54) is 0 Å². The molecule has 0 aromatic carbocycles. The molecule has 7 heteroatoms. The minimum Gasteiger partial charge on any atom is -0.357 e. The van der Waals surface area contributed by atoms with Crippen LogP contribution in [-0.4, -0.2) is 43.0 Å². The molecule has 0 saturated carbocycles. The fourth-order valence-electron chi connectivity index (χ4n) is 1.65. The van der Waals surface area contributed by atoms with Crippen LogP contribution >= 0.6 is 0 Å². The molecule has 0 unspecified atom stereocenters. The Morgan fingerprint density at radius 2 is 1.95 bits per heavy atom. The second-order valence-corrected chi connectivity index (χ2v) is 4.11. The van der Waals surface area contributed by atoms with Crippen LogP contribution in [-0.2, 0) is 9.59 Å². The summed E-state index contributed by atoms with van der Waals surface area (Å²) in [4.78, 5) is 28.9. The van der Waals surface area contributed by atoms with Crippen molar-refractivity contribution in [3.05, 3.63) is 18.3 Å². The Morgan fingerprint density at radius 3 is 2.45 bits per heavy atom. The summed E-state index contributed by atoms with van der Waals surface area (Å²) in [5.41, 5.74) is 5.71. The van der Waals surface area contributed by atoms with E-state index in [-0.39, 0.29) is 24.9 Å². The topological polar surface area (TPSA) is 100 Å². The highest BCUT2D eigenvalue weighted by Crippen LogP contribution is 2.13. The summed E-state index contributed by atoms with van der Waals surface area (Å²) in [6.07, 6.45) is 1.59. The first-order valence-electron chi connectivity index (χ1n) is 6.58. The van der Waals surface area contributed by atoms with Gasteiger partial charge in [0.15, 0.2) is 0 Å². The molecule has 4 N–H and O–H groups in total. The third-order valence-electron chi connectivity index (χ3n) is 2.75. The smallest absolute Gasteiger partial charge is 0.243 e. The Bertz CT molecular complexity index is 443. The van der Waals surface area contributed by atoms with Crippen molar-refractivity contribution in [3.8, 4) is 0 Å². The largest absolute Gasteiger partial charge is 0.357 e. The lowest BCUT2D eigenvalue weighted by Gasteiger charge is -2.19. The standard InChI is InChI=1S/C13H21N5O2/c1-3-18(4-2)11-6-5-10(8-15-11)17-13(20)9-16-12(19)7-14/h5-6,8H,3-4,7,9,14H2,1-2H3,(H,16,19)(H,17,20). The molecule has 0 saturated heterocycles. The van der Waals surface area contributed by atoms with Crippen LogP contribution in [0.2, 0.25) is 0 Å². The second-order valence-electron chi connectivity index (χ2n) is 4.11. The zero-order chi connectivity index (χ0) is 15.0. The number of amides is 2. The van der Waals surface area contributed by atoms with Gasteiger partial charge in [-0.05, 0) is 26.0 Å². The zero-order valence-corrected chi connectivity index (χ0v) is 11.8. The average molecular weight is 279 g/mol. The molecule has 1 rings (SSSR count). The Balaban J connectivity index is 2.52. The van der Waals surface area contributed by atoms with Crippen molar-refractivity contribution >= 4 is 23.3 Å². The molecule has 0 aliphatic rings. The van der Waals surface area contributed by atoms with E-state index in [9.17, 15) is 9.59 Å². The number of anilines is 2. The lowest BCUT2D eigenvalue weighted by atomic mass is 10.3. The van der Waals surface area contributed by atoms with Crippen molar-refractivity contribution in [3.63, 3.8) is 0 Å². The van der Waals surface area contributed by atoms with Gasteiger partial charge in [-0.3, -0.25) is 9.59 Å². The molecule has 0 aliphatic heterocycles. The van der Waals surface area contributed by atoms with Gasteiger partial charge in [0.05, 0.1) is 25.0 Å². The van der Waals surface area contributed by atoms with E-state index in [1.54, 1.807) is 12.3 Å². The number of hydrogen-bond donors (Lipinski definition) is 3. The van der Waals surface area contributed by atoms with Crippen LogP contribution in [0, 0.1) is 0 Å². The molecule has 0 radical (unpaired) electrons. The third-order valence-corrected chi connectivity index (χ3v) is 2.75. The molecule has 0 bridgehead atoms. The Hall–Kier alpha value is -2.15. The predicted molar refractivity (Wildman–Crippen MR) is 78.5 cm³/mol. The minimum absolute atomic E-state index is 0.103. The molecule has 0 aliphatic carbocycles. The van der Waals surface area contributed by atoms with E-state index >= 15 is 0 Å². The number of nitrogens with zero attached hydrogens (tertiary/aromatic N) is 2. The van der Waals surface area contributed by atoms with Gasteiger partial charge in [-0.25, -0.2) is 4.98 Å². The van der Waals surface area contributed by atoms with Crippen molar-refractivity contribution in [2.45, 2.75) is 13.8 Å². The summed E-state index contributed by atoms with van der Waals surface area (Å²) < 4.78 is 0. The van der Waals surface area contributed by atoms with E-state index in [4.69, 9.17) is 5.73 Å². The van der Waals surface area contributed by atoms with Gasteiger partial charge in [0.25, 0.3) is 0 Å². The number of nitrogens with one attached hydrogen (secondary N) is 2. The second kappa shape index (κ2) is 8.11. The molecule has 0 fully saturated rings. The summed E-state index contributed by atoms with van der Waals surface area (Å²) >= 11 is 0. The Kier molecular flexibility index (Phi) is 6.45. The summed E-state index contributed by atoms with van der Waals surface area (Å²) in [6, 6.07) is 3.63. The first-order chi connectivity index (χ1) is 9.60. The molecular weight excluding hydrogens is 258 g/mol. The molecule has 7 nitrogen and oxygen atoms in total. The highest BCUT2D eigenvalue weighted by molar-refractivity contribution is 5.94. The maximum absolute atomic E-state index is 11.6. The van der Waals surface area contributed by atoms with Crippen molar-refractivity contribution in [1.82, 2.24) is 10.3 Å². The van der Waals surface area contributed by atoms with E-state index < -0.39 is 0 Å². The molecule has 110 valence electrons. The van der Waals surface area contributed by atoms with Gasteiger partial charge in [0.2, 0.25) is 11.8 Å². The molecular formula is C13H21N5O2. The monoisotopic (exact) mass is 279 g/mol. The minimum atomic E-state index is -0.366. The van der Waals surface area contributed by atoms with Crippen LogP contribution in [0.25, 0.3) is 0 Å². The van der Waals surface area contributed by atoms with Gasteiger partial charge in [-0.1, -0.05) is 0 Å². The first-order valence-corrected chi connectivity index (χ1v) is 6.58. The van der Waals surface area contributed by atoms with Crippen LogP contribution in [0.3, 0.4) is 0 Å². The summed E-state index contributed by atoms with van der Waals surface area (Å²) in [7, 11) is 0. The number of aromatic nitrogens is 1. The fraction of sp³-hybridized carbons (Fsp3) is 0.462. The quantitative estimate of drug-likeness (QED) is 0.649. The number of nitrogens with two attached hydrogens (primary N) is 1. The fourth-order valence-corrected chi connectivity index (χ4v) is 1.65. The summed E-state index contributed by atoms with van der Waals surface area (Å²) in [5.74, 6) is 0.184. The van der Waals surface area contributed by atoms with Crippen LogP contribution in [0.15, 0.2) is 18.3 Å². The Morgan fingerprint density at radius 1 is 1.25 bits per heavy atom. The lowest BCUT2D eigenvalue weighted by Crippen LogP contribution is -2.36. The highest BCUT2D eigenvalue weighted by atomic mass is 16.2. The van der Waals surface area contributed by atoms with Crippen LogP contribution in [0.1, 0.15) is 13.8 Å². The van der Waals surface area contributed by atoms with Crippen LogP contribution in [0.5, 0.6) is 0 Å². The van der Waals surface area contributed by atoms with Crippen molar-refractivity contribution in [2.75, 3.05) is 36.4 Å². The SMILES string of the molecule is CCN(CC)c1ccc(NC(=O)CNC(=O)CN)cn1. The molecule has 1 aromatic heterocycles. The van der Waals surface area contributed by atoms with Gasteiger partial charge in [0.1, 0.15) is 5.82 Å². The number of carbonyl (C=O) groups is 2. The summed E-state index contributed by atoms with van der Waals surface area (Å²) in [6.45, 7) is 5.63. The molecule has 1 heterocycles. The molecule has 2 amide bonds. The van der Waals surface area contributed by atoms with Gasteiger partial charge in [-0.2, -0.15) is 0 Å².